The molecular weight excluding hydrogens is 162 g/mol. The zero-order chi connectivity index (χ0) is 9.26. The lowest BCUT2D eigenvalue weighted by molar-refractivity contribution is 0.175. The maximum absolute atomic E-state index is 5.27. The lowest BCUT2D eigenvalue weighted by atomic mass is 10.2. The number of benzene rings is 1. The van der Waals surface area contributed by atoms with Gasteiger partial charge in [-0.05, 0) is 12.1 Å². The van der Waals surface area contributed by atoms with E-state index >= 15 is 0 Å². The van der Waals surface area contributed by atoms with Crippen molar-refractivity contribution >= 4 is 10.9 Å². The minimum absolute atomic E-state index is 1.09. The molecule has 0 saturated heterocycles. The maximum Gasteiger partial charge on any atom is 0.104 e. The maximum atomic E-state index is 5.27. The van der Waals surface area contributed by atoms with Crippen molar-refractivity contribution < 1.29 is 4.84 Å². The smallest absolute Gasteiger partial charge is 0.104 e. The number of fused-ring (bicyclic) bond motifs is 1. The Labute approximate surface area is 77.7 Å². The van der Waals surface area contributed by atoms with E-state index in [0.29, 0.717) is 0 Å². The van der Waals surface area contributed by atoms with Gasteiger partial charge in [0.2, 0.25) is 0 Å². The van der Waals surface area contributed by atoms with E-state index < -0.39 is 0 Å². The molecule has 0 saturated carbocycles. The average Bonchev–Trinajstić information content (AvgIpc) is 2.55. The van der Waals surface area contributed by atoms with E-state index in [1.807, 2.05) is 36.3 Å². The van der Waals surface area contributed by atoms with E-state index in [9.17, 15) is 0 Å². The Morgan fingerprint density at radius 3 is 2.77 bits per heavy atom. The van der Waals surface area contributed by atoms with Gasteiger partial charge in [-0.2, -0.15) is 4.73 Å². The number of rotatable bonds is 2. The summed E-state index contributed by atoms with van der Waals surface area (Å²) < 4.78 is 1.83. The number of hydrogen-bond donors (Lipinski definition) is 0. The van der Waals surface area contributed by atoms with Crippen LogP contribution < -0.4 is 4.84 Å². The van der Waals surface area contributed by atoms with Crippen molar-refractivity contribution in [3.05, 3.63) is 42.4 Å². The minimum atomic E-state index is 1.09. The Morgan fingerprint density at radius 2 is 2.08 bits per heavy atom. The molecule has 0 aliphatic heterocycles. The molecule has 67 valence electrons. The molecular formula is C11H12NO. The first-order valence-corrected chi connectivity index (χ1v) is 4.31. The molecule has 1 heterocycles. The standard InChI is InChI=1S/C11H12NO/c1-3-10-8-9-6-4-5-7-11(9)12(10)13-2/h3-8H,1-2H3. The predicted octanol–water partition coefficient (Wildman–Crippen LogP) is 2.27. The Bertz CT molecular complexity index is 417. The van der Waals surface area contributed by atoms with Crippen LogP contribution in [-0.2, 0) is 0 Å². The molecule has 0 spiro atoms. The molecule has 0 bridgehead atoms. The summed E-state index contributed by atoms with van der Waals surface area (Å²) in [5, 5.41) is 1.21. The molecule has 1 aromatic carbocycles. The van der Waals surface area contributed by atoms with Crippen LogP contribution in [0.5, 0.6) is 0 Å². The van der Waals surface area contributed by atoms with Crippen LogP contribution >= 0.6 is 0 Å². The molecule has 0 aliphatic carbocycles. The summed E-state index contributed by atoms with van der Waals surface area (Å²) in [6.45, 7) is 2.00. The van der Waals surface area contributed by atoms with Crippen LogP contribution in [0.25, 0.3) is 10.9 Å². The van der Waals surface area contributed by atoms with E-state index in [2.05, 4.69) is 12.1 Å². The van der Waals surface area contributed by atoms with Crippen molar-refractivity contribution in [2.75, 3.05) is 7.11 Å². The molecule has 1 radical (unpaired) electrons. The summed E-state index contributed by atoms with van der Waals surface area (Å²) in [4.78, 5) is 5.27. The molecule has 0 N–H and O–H groups in total. The molecule has 0 amide bonds. The molecule has 1 aromatic heterocycles. The molecule has 2 nitrogen and oxygen atoms in total. The summed E-state index contributed by atoms with van der Waals surface area (Å²) in [5.74, 6) is 0. The molecule has 0 unspecified atom stereocenters. The quantitative estimate of drug-likeness (QED) is 0.681. The van der Waals surface area contributed by atoms with Gasteiger partial charge in [-0.25, -0.2) is 0 Å². The normalized spacial score (nSPS) is 10.6. The number of hydrogen-bond acceptors (Lipinski definition) is 1. The summed E-state index contributed by atoms with van der Waals surface area (Å²) in [7, 11) is 1.68. The average molecular weight is 174 g/mol. The second-order valence-corrected chi connectivity index (χ2v) is 2.89. The summed E-state index contributed by atoms with van der Waals surface area (Å²) in [6.07, 6.45) is 2.03. The zero-order valence-electron chi connectivity index (χ0n) is 7.82. The number of nitrogens with zero attached hydrogens (tertiary/aromatic N) is 1. The van der Waals surface area contributed by atoms with Gasteiger partial charge in [-0.15, -0.1) is 0 Å². The third-order valence-corrected chi connectivity index (χ3v) is 2.17. The highest BCUT2D eigenvalue weighted by molar-refractivity contribution is 5.81. The fraction of sp³-hybridized carbons (Fsp3) is 0.182. The lowest BCUT2D eigenvalue weighted by Crippen LogP contribution is -2.07. The van der Waals surface area contributed by atoms with Gasteiger partial charge in [-0.1, -0.05) is 25.1 Å². The Hall–Kier alpha value is -1.44. The lowest BCUT2D eigenvalue weighted by Gasteiger charge is -2.05. The second kappa shape index (κ2) is 3.13. The molecule has 0 fully saturated rings. The van der Waals surface area contributed by atoms with E-state index in [1.54, 1.807) is 7.11 Å². The largest absolute Gasteiger partial charge is 0.417 e. The first kappa shape index (κ1) is 8.17. The molecule has 13 heavy (non-hydrogen) atoms. The van der Waals surface area contributed by atoms with Crippen molar-refractivity contribution in [2.45, 2.75) is 6.92 Å². The van der Waals surface area contributed by atoms with Gasteiger partial charge in [0.15, 0.2) is 0 Å². The Kier molecular flexibility index (Phi) is 1.97. The number of aromatic nitrogens is 1. The van der Waals surface area contributed by atoms with Crippen LogP contribution in [0.1, 0.15) is 12.6 Å². The van der Waals surface area contributed by atoms with Gasteiger partial charge in [0.05, 0.1) is 11.2 Å². The van der Waals surface area contributed by atoms with Gasteiger partial charge in [0.25, 0.3) is 0 Å². The Balaban J connectivity index is 2.73. The van der Waals surface area contributed by atoms with Crippen LogP contribution in [0.4, 0.5) is 0 Å². The van der Waals surface area contributed by atoms with Gasteiger partial charge < -0.3 is 4.84 Å². The highest BCUT2D eigenvalue weighted by atomic mass is 16.6. The highest BCUT2D eigenvalue weighted by Crippen LogP contribution is 2.19. The van der Waals surface area contributed by atoms with Gasteiger partial charge in [-0.3, -0.25) is 0 Å². The first-order valence-electron chi connectivity index (χ1n) is 4.31. The summed E-state index contributed by atoms with van der Waals surface area (Å²) >= 11 is 0. The third-order valence-electron chi connectivity index (χ3n) is 2.17. The van der Waals surface area contributed by atoms with Crippen LogP contribution in [0.15, 0.2) is 30.3 Å². The van der Waals surface area contributed by atoms with E-state index in [-0.39, 0.29) is 0 Å². The fourth-order valence-electron chi connectivity index (χ4n) is 1.56. The first-order chi connectivity index (χ1) is 6.36. The Morgan fingerprint density at radius 1 is 1.31 bits per heavy atom. The van der Waals surface area contributed by atoms with Crippen LogP contribution in [-0.4, -0.2) is 11.8 Å². The van der Waals surface area contributed by atoms with E-state index in [0.717, 1.165) is 11.2 Å². The minimum Gasteiger partial charge on any atom is -0.417 e. The summed E-state index contributed by atoms with van der Waals surface area (Å²) in [5.41, 5.74) is 2.20. The van der Waals surface area contributed by atoms with Crippen LogP contribution in [0.2, 0.25) is 0 Å². The second-order valence-electron chi connectivity index (χ2n) is 2.89. The van der Waals surface area contributed by atoms with Crippen LogP contribution in [0, 0.1) is 6.42 Å². The zero-order valence-corrected chi connectivity index (χ0v) is 7.82. The fourth-order valence-corrected chi connectivity index (χ4v) is 1.56. The van der Waals surface area contributed by atoms with E-state index in [1.165, 1.54) is 5.39 Å². The van der Waals surface area contributed by atoms with Gasteiger partial charge in [0.1, 0.15) is 7.11 Å². The molecule has 2 aromatic rings. The molecule has 2 heteroatoms. The third kappa shape index (κ3) is 1.18. The summed E-state index contributed by atoms with van der Waals surface area (Å²) in [6, 6.07) is 10.3. The molecule has 2 rings (SSSR count). The molecule has 0 aliphatic rings. The van der Waals surface area contributed by atoms with Crippen molar-refractivity contribution in [2.24, 2.45) is 0 Å². The number of para-hydroxylation sites is 1. The van der Waals surface area contributed by atoms with Crippen molar-refractivity contribution in [1.29, 1.82) is 0 Å². The predicted molar refractivity (Wildman–Crippen MR) is 53.5 cm³/mol. The monoisotopic (exact) mass is 174 g/mol. The highest BCUT2D eigenvalue weighted by Gasteiger charge is 2.05. The SMILES string of the molecule is C[CH]c1cc2ccccc2n1OC. The van der Waals surface area contributed by atoms with Crippen LogP contribution in [0.3, 0.4) is 0 Å². The van der Waals surface area contributed by atoms with Crippen molar-refractivity contribution in [3.8, 4) is 0 Å². The van der Waals surface area contributed by atoms with Crippen molar-refractivity contribution in [1.82, 2.24) is 4.73 Å². The van der Waals surface area contributed by atoms with E-state index in [4.69, 9.17) is 4.84 Å². The van der Waals surface area contributed by atoms with Gasteiger partial charge >= 0.3 is 0 Å². The van der Waals surface area contributed by atoms with Crippen molar-refractivity contribution in [3.63, 3.8) is 0 Å². The molecule has 0 atom stereocenters. The topological polar surface area (TPSA) is 14.2 Å². The van der Waals surface area contributed by atoms with Gasteiger partial charge in [0, 0.05) is 11.8 Å².